The van der Waals surface area contributed by atoms with Gasteiger partial charge in [0.1, 0.15) is 18.8 Å². The molecular weight excluding hydrogens is 274 g/mol. The van der Waals surface area contributed by atoms with E-state index in [0.29, 0.717) is 36.6 Å². The first-order valence-corrected chi connectivity index (χ1v) is 6.79. The number of aliphatic hydroxyl groups is 1. The lowest BCUT2D eigenvalue weighted by Crippen LogP contribution is -2.27. The second kappa shape index (κ2) is 6.15. The van der Waals surface area contributed by atoms with Crippen molar-refractivity contribution in [3.05, 3.63) is 29.8 Å². The highest BCUT2D eigenvalue weighted by molar-refractivity contribution is 5.36. The highest BCUT2D eigenvalue weighted by Gasteiger charge is 2.29. The van der Waals surface area contributed by atoms with Gasteiger partial charge in [0, 0.05) is 24.8 Å². The zero-order valence-electron chi connectivity index (χ0n) is 11.7. The average molecular weight is 291 g/mol. The van der Waals surface area contributed by atoms with E-state index < -0.39 is 0 Å². The molecule has 1 aliphatic carbocycles. The number of nitrogens with zero attached hydrogens (tertiary/aromatic N) is 4. The molecule has 112 valence electrons. The Bertz CT molecular complexity index is 597. The van der Waals surface area contributed by atoms with Crippen molar-refractivity contribution in [2.24, 2.45) is 0 Å². The summed E-state index contributed by atoms with van der Waals surface area (Å²) in [5.41, 5.74) is 0.950. The minimum absolute atomic E-state index is 0.195. The Morgan fingerprint density at radius 1 is 1.43 bits per heavy atom. The predicted molar refractivity (Wildman–Crippen MR) is 72.4 cm³/mol. The molecule has 2 N–H and O–H groups in total. The van der Waals surface area contributed by atoms with Gasteiger partial charge < -0.3 is 19.7 Å². The number of hydrogen-bond acceptors (Lipinski definition) is 8. The molecule has 0 aromatic carbocycles. The zero-order chi connectivity index (χ0) is 14.7. The van der Waals surface area contributed by atoms with Crippen molar-refractivity contribution in [3.8, 4) is 0 Å². The van der Waals surface area contributed by atoms with Gasteiger partial charge in [-0.15, -0.1) is 0 Å². The van der Waals surface area contributed by atoms with Gasteiger partial charge in [-0.1, -0.05) is 5.16 Å². The standard InChI is InChI=1S/C13H17N5O3/c1-20-6-13-17-12(18-21-13)5-14-11-4-10(15-7-16-11)8-2-9(19)3-8/h4,7-9,19H,2-3,5-6H2,1H3,(H,14,15,16). The van der Waals surface area contributed by atoms with Crippen LogP contribution in [-0.4, -0.2) is 38.4 Å². The fourth-order valence-electron chi connectivity index (χ4n) is 2.24. The van der Waals surface area contributed by atoms with Crippen molar-refractivity contribution < 1.29 is 14.4 Å². The van der Waals surface area contributed by atoms with Gasteiger partial charge in [-0.2, -0.15) is 4.98 Å². The molecule has 0 bridgehead atoms. The Hall–Kier alpha value is -2.06. The Balaban J connectivity index is 1.58. The Morgan fingerprint density at radius 3 is 3.05 bits per heavy atom. The summed E-state index contributed by atoms with van der Waals surface area (Å²) >= 11 is 0. The molecule has 1 aliphatic rings. The molecule has 21 heavy (non-hydrogen) atoms. The first-order chi connectivity index (χ1) is 10.2. The van der Waals surface area contributed by atoms with Crippen LogP contribution in [0.25, 0.3) is 0 Å². The molecule has 1 fully saturated rings. The van der Waals surface area contributed by atoms with Crippen LogP contribution >= 0.6 is 0 Å². The summed E-state index contributed by atoms with van der Waals surface area (Å²) in [6.45, 7) is 0.714. The van der Waals surface area contributed by atoms with Crippen molar-refractivity contribution in [1.29, 1.82) is 0 Å². The van der Waals surface area contributed by atoms with Crippen molar-refractivity contribution >= 4 is 5.82 Å². The third-order valence-electron chi connectivity index (χ3n) is 3.43. The molecular formula is C13H17N5O3. The van der Waals surface area contributed by atoms with Gasteiger partial charge in [0.25, 0.3) is 5.89 Å². The molecule has 0 unspecified atom stereocenters. The number of aromatic nitrogens is 4. The van der Waals surface area contributed by atoms with Gasteiger partial charge >= 0.3 is 0 Å². The van der Waals surface area contributed by atoms with E-state index in [9.17, 15) is 5.11 Å². The van der Waals surface area contributed by atoms with Gasteiger partial charge in [-0.25, -0.2) is 9.97 Å². The molecule has 0 radical (unpaired) electrons. The molecule has 2 aromatic rings. The van der Waals surface area contributed by atoms with Crippen LogP contribution in [0.1, 0.15) is 36.2 Å². The van der Waals surface area contributed by atoms with Crippen LogP contribution in [0.15, 0.2) is 16.9 Å². The monoisotopic (exact) mass is 291 g/mol. The van der Waals surface area contributed by atoms with E-state index in [1.165, 1.54) is 6.33 Å². The summed E-state index contributed by atoms with van der Waals surface area (Å²) in [6.07, 6.45) is 2.86. The van der Waals surface area contributed by atoms with E-state index in [0.717, 1.165) is 18.5 Å². The molecule has 3 rings (SSSR count). The third-order valence-corrected chi connectivity index (χ3v) is 3.43. The maximum absolute atomic E-state index is 9.35. The highest BCUT2D eigenvalue weighted by atomic mass is 16.5. The van der Waals surface area contributed by atoms with Crippen LogP contribution < -0.4 is 5.32 Å². The number of rotatable bonds is 6. The highest BCUT2D eigenvalue weighted by Crippen LogP contribution is 2.35. The number of methoxy groups -OCH3 is 1. The molecule has 8 nitrogen and oxygen atoms in total. The minimum Gasteiger partial charge on any atom is -0.393 e. The Labute approximate surface area is 121 Å². The van der Waals surface area contributed by atoms with E-state index in [1.54, 1.807) is 7.11 Å². The van der Waals surface area contributed by atoms with Crippen LogP contribution in [0.2, 0.25) is 0 Å². The summed E-state index contributed by atoms with van der Waals surface area (Å²) in [7, 11) is 1.57. The van der Waals surface area contributed by atoms with Gasteiger partial charge in [-0.05, 0) is 12.8 Å². The molecule has 0 saturated heterocycles. The molecule has 2 aromatic heterocycles. The molecule has 2 heterocycles. The summed E-state index contributed by atoms with van der Waals surface area (Å²) in [5.74, 6) is 2.02. The van der Waals surface area contributed by atoms with Crippen LogP contribution in [0.3, 0.4) is 0 Å². The molecule has 0 amide bonds. The molecule has 0 atom stereocenters. The first kappa shape index (κ1) is 13.9. The fraction of sp³-hybridized carbons (Fsp3) is 0.538. The van der Waals surface area contributed by atoms with E-state index >= 15 is 0 Å². The summed E-state index contributed by atoms with van der Waals surface area (Å²) < 4.78 is 9.92. The SMILES string of the molecule is COCc1nc(CNc2cc(C3CC(O)C3)ncn2)no1. The molecule has 0 aliphatic heterocycles. The molecule has 1 saturated carbocycles. The van der Waals surface area contributed by atoms with Crippen molar-refractivity contribution in [2.75, 3.05) is 12.4 Å². The van der Waals surface area contributed by atoms with Crippen molar-refractivity contribution in [2.45, 2.75) is 38.0 Å². The number of anilines is 1. The largest absolute Gasteiger partial charge is 0.393 e. The van der Waals surface area contributed by atoms with Gasteiger partial charge in [0.15, 0.2) is 5.82 Å². The average Bonchev–Trinajstić information content (AvgIpc) is 2.90. The van der Waals surface area contributed by atoms with Crippen molar-refractivity contribution in [1.82, 2.24) is 20.1 Å². The summed E-state index contributed by atoms with van der Waals surface area (Å²) in [5, 5.41) is 16.3. The maximum Gasteiger partial charge on any atom is 0.252 e. The fourth-order valence-corrected chi connectivity index (χ4v) is 2.24. The third kappa shape index (κ3) is 3.34. The smallest absolute Gasteiger partial charge is 0.252 e. The van der Waals surface area contributed by atoms with E-state index in [1.807, 2.05) is 6.07 Å². The van der Waals surface area contributed by atoms with Crippen LogP contribution in [0.5, 0.6) is 0 Å². The lowest BCUT2D eigenvalue weighted by atomic mass is 9.80. The second-order valence-electron chi connectivity index (χ2n) is 5.04. The number of ether oxygens (including phenoxy) is 1. The summed E-state index contributed by atoms with van der Waals surface area (Å²) in [4.78, 5) is 12.6. The molecule has 0 spiro atoms. The van der Waals surface area contributed by atoms with Gasteiger partial charge in [-0.3, -0.25) is 0 Å². The first-order valence-electron chi connectivity index (χ1n) is 6.79. The minimum atomic E-state index is -0.195. The van der Waals surface area contributed by atoms with Crippen molar-refractivity contribution in [3.63, 3.8) is 0 Å². The predicted octanol–water partition coefficient (Wildman–Crippen LogP) is 0.856. The Kier molecular flexibility index (Phi) is 4.07. The number of hydrogen-bond donors (Lipinski definition) is 2. The molecule has 8 heteroatoms. The normalized spacial score (nSPS) is 21.0. The lowest BCUT2D eigenvalue weighted by Gasteiger charge is -2.30. The summed E-state index contributed by atoms with van der Waals surface area (Å²) in [6, 6.07) is 1.90. The van der Waals surface area contributed by atoms with Crippen LogP contribution in [0, 0.1) is 0 Å². The number of nitrogens with one attached hydrogen (secondary N) is 1. The quantitative estimate of drug-likeness (QED) is 0.807. The van der Waals surface area contributed by atoms with Gasteiger partial charge in [0.05, 0.1) is 12.6 Å². The van der Waals surface area contributed by atoms with Crippen LogP contribution in [0.4, 0.5) is 5.82 Å². The lowest BCUT2D eigenvalue weighted by molar-refractivity contribution is 0.0732. The van der Waals surface area contributed by atoms with Gasteiger partial charge in [0.2, 0.25) is 0 Å². The van der Waals surface area contributed by atoms with E-state index in [-0.39, 0.29) is 6.10 Å². The Morgan fingerprint density at radius 2 is 2.29 bits per heavy atom. The maximum atomic E-state index is 9.35. The second-order valence-corrected chi connectivity index (χ2v) is 5.04. The van der Waals surface area contributed by atoms with E-state index in [2.05, 4.69) is 25.4 Å². The van der Waals surface area contributed by atoms with E-state index in [4.69, 9.17) is 9.26 Å². The number of aliphatic hydroxyl groups excluding tert-OH is 1. The van der Waals surface area contributed by atoms with Crippen LogP contribution in [-0.2, 0) is 17.9 Å². The zero-order valence-corrected chi connectivity index (χ0v) is 11.7. The topological polar surface area (TPSA) is 106 Å².